The van der Waals surface area contributed by atoms with Gasteiger partial charge in [0.2, 0.25) is 11.8 Å². The van der Waals surface area contributed by atoms with Crippen LogP contribution in [0.1, 0.15) is 26.7 Å². The molecule has 1 fully saturated rings. The summed E-state index contributed by atoms with van der Waals surface area (Å²) in [5.74, 6) is 1.39. The first-order valence-corrected chi connectivity index (χ1v) is 8.24. The van der Waals surface area contributed by atoms with Gasteiger partial charge in [-0.15, -0.1) is 0 Å². The fraction of sp³-hybridized carbons (Fsp3) is 0.556. The molecule has 1 aromatic carbocycles. The van der Waals surface area contributed by atoms with Gasteiger partial charge in [0, 0.05) is 26.1 Å². The van der Waals surface area contributed by atoms with Crippen molar-refractivity contribution in [1.29, 1.82) is 0 Å². The third kappa shape index (κ3) is 4.19. The highest BCUT2D eigenvalue weighted by Gasteiger charge is 2.26. The van der Waals surface area contributed by atoms with Crippen molar-refractivity contribution >= 4 is 17.5 Å². The highest BCUT2D eigenvalue weighted by Crippen LogP contribution is 2.32. The molecule has 132 valence electrons. The number of ether oxygens (including phenoxy) is 2. The lowest BCUT2D eigenvalue weighted by Gasteiger charge is -2.33. The summed E-state index contributed by atoms with van der Waals surface area (Å²) in [5.41, 5.74) is 0.544. The number of carbonyl (C=O) groups excluding carboxylic acids is 2. The Bertz CT molecular complexity index is 603. The lowest BCUT2D eigenvalue weighted by atomic mass is 10.0. The van der Waals surface area contributed by atoms with E-state index in [1.54, 1.807) is 25.3 Å². The molecule has 0 N–H and O–H groups in total. The molecular weight excluding hydrogens is 308 g/mol. The third-order valence-electron chi connectivity index (χ3n) is 4.36. The quantitative estimate of drug-likeness (QED) is 0.829. The molecule has 6 heteroatoms. The third-order valence-corrected chi connectivity index (χ3v) is 4.36. The summed E-state index contributed by atoms with van der Waals surface area (Å²) < 4.78 is 10.6. The van der Waals surface area contributed by atoms with Crippen LogP contribution in [0.2, 0.25) is 0 Å². The number of benzene rings is 1. The molecule has 2 amide bonds. The zero-order chi connectivity index (χ0) is 17.7. The van der Waals surface area contributed by atoms with Crippen molar-refractivity contribution in [2.75, 3.05) is 38.8 Å². The van der Waals surface area contributed by atoms with E-state index in [0.29, 0.717) is 23.1 Å². The molecule has 1 aromatic rings. The maximum atomic E-state index is 12.6. The van der Waals surface area contributed by atoms with E-state index in [9.17, 15) is 9.59 Å². The van der Waals surface area contributed by atoms with Crippen LogP contribution in [0.3, 0.4) is 0 Å². The van der Waals surface area contributed by atoms with Crippen molar-refractivity contribution in [1.82, 2.24) is 4.90 Å². The number of amides is 2. The number of likely N-dealkylation sites (tertiary alicyclic amines) is 1. The standard InChI is InChI=1S/C18H26N2O4/c1-13-6-5-9-19(11-13)18(22)12-20(14(2)21)16-10-15(23-3)7-8-17(16)24-4/h7-8,10,13H,5-6,9,11-12H2,1-4H3. The number of anilines is 1. The van der Waals surface area contributed by atoms with Gasteiger partial charge in [0.05, 0.1) is 19.9 Å². The van der Waals surface area contributed by atoms with Gasteiger partial charge in [-0.1, -0.05) is 6.92 Å². The van der Waals surface area contributed by atoms with Gasteiger partial charge in [-0.25, -0.2) is 0 Å². The van der Waals surface area contributed by atoms with Crippen LogP contribution in [0.5, 0.6) is 11.5 Å². The molecule has 1 atom stereocenters. The minimum atomic E-state index is -0.208. The van der Waals surface area contributed by atoms with Crippen LogP contribution in [0, 0.1) is 5.92 Å². The Hall–Kier alpha value is -2.24. The Morgan fingerprint density at radius 3 is 2.62 bits per heavy atom. The zero-order valence-corrected chi connectivity index (χ0v) is 14.9. The number of carbonyl (C=O) groups is 2. The summed E-state index contributed by atoms with van der Waals surface area (Å²) in [6.07, 6.45) is 2.15. The van der Waals surface area contributed by atoms with Gasteiger partial charge in [0.1, 0.15) is 18.0 Å². The second-order valence-electron chi connectivity index (χ2n) is 6.23. The largest absolute Gasteiger partial charge is 0.497 e. The number of piperidine rings is 1. The SMILES string of the molecule is COc1ccc(OC)c(N(CC(=O)N2CCCC(C)C2)C(C)=O)c1. The van der Waals surface area contributed by atoms with Crippen LogP contribution < -0.4 is 14.4 Å². The first-order valence-electron chi connectivity index (χ1n) is 8.24. The van der Waals surface area contributed by atoms with E-state index in [2.05, 4.69) is 6.92 Å². The highest BCUT2D eigenvalue weighted by molar-refractivity contribution is 5.98. The van der Waals surface area contributed by atoms with E-state index in [0.717, 1.165) is 25.9 Å². The number of rotatable bonds is 5. The van der Waals surface area contributed by atoms with E-state index in [4.69, 9.17) is 9.47 Å². The topological polar surface area (TPSA) is 59.1 Å². The van der Waals surface area contributed by atoms with E-state index in [-0.39, 0.29) is 18.4 Å². The first-order chi connectivity index (χ1) is 11.5. The minimum Gasteiger partial charge on any atom is -0.497 e. The van der Waals surface area contributed by atoms with Gasteiger partial charge in [0.25, 0.3) is 0 Å². The molecule has 1 aliphatic rings. The molecule has 0 aliphatic carbocycles. The maximum Gasteiger partial charge on any atom is 0.242 e. The van der Waals surface area contributed by atoms with Crippen LogP contribution >= 0.6 is 0 Å². The van der Waals surface area contributed by atoms with Crippen LogP contribution in [-0.2, 0) is 9.59 Å². The molecule has 0 aromatic heterocycles. The first kappa shape index (κ1) is 18.1. The van der Waals surface area contributed by atoms with Crippen molar-refractivity contribution in [3.8, 4) is 11.5 Å². The predicted octanol–water partition coefficient (Wildman–Crippen LogP) is 2.32. The molecule has 24 heavy (non-hydrogen) atoms. The Balaban J connectivity index is 2.23. The van der Waals surface area contributed by atoms with Gasteiger partial charge in [-0.3, -0.25) is 14.5 Å². The Morgan fingerprint density at radius 2 is 2.04 bits per heavy atom. The van der Waals surface area contributed by atoms with Crippen LogP contribution in [0.25, 0.3) is 0 Å². The molecule has 0 saturated carbocycles. The molecule has 0 spiro atoms. The van der Waals surface area contributed by atoms with Crippen molar-refractivity contribution in [2.24, 2.45) is 5.92 Å². The Kier molecular flexibility index (Phi) is 6.06. The van der Waals surface area contributed by atoms with Crippen molar-refractivity contribution in [3.05, 3.63) is 18.2 Å². The van der Waals surface area contributed by atoms with Crippen molar-refractivity contribution < 1.29 is 19.1 Å². The van der Waals surface area contributed by atoms with Gasteiger partial charge in [0.15, 0.2) is 0 Å². The molecule has 0 bridgehead atoms. The lowest BCUT2D eigenvalue weighted by molar-refractivity contribution is -0.132. The summed E-state index contributed by atoms with van der Waals surface area (Å²) in [7, 11) is 3.10. The molecule has 1 aliphatic heterocycles. The van der Waals surface area contributed by atoms with E-state index >= 15 is 0 Å². The monoisotopic (exact) mass is 334 g/mol. The number of methoxy groups -OCH3 is 2. The summed E-state index contributed by atoms with van der Waals surface area (Å²) in [6.45, 7) is 5.11. The second-order valence-corrected chi connectivity index (χ2v) is 6.23. The van der Waals surface area contributed by atoms with Gasteiger partial charge >= 0.3 is 0 Å². The Labute approximate surface area is 143 Å². The number of nitrogens with zero attached hydrogens (tertiary/aromatic N) is 2. The van der Waals surface area contributed by atoms with E-state index < -0.39 is 0 Å². The average Bonchev–Trinajstić information content (AvgIpc) is 2.58. The molecule has 2 rings (SSSR count). The van der Waals surface area contributed by atoms with Gasteiger partial charge < -0.3 is 14.4 Å². The minimum absolute atomic E-state index is 0.00554. The number of hydrogen-bond donors (Lipinski definition) is 0. The summed E-state index contributed by atoms with van der Waals surface area (Å²) >= 11 is 0. The molecular formula is C18H26N2O4. The molecule has 1 heterocycles. The molecule has 1 unspecified atom stereocenters. The zero-order valence-electron chi connectivity index (χ0n) is 14.9. The molecule has 6 nitrogen and oxygen atoms in total. The average molecular weight is 334 g/mol. The summed E-state index contributed by atoms with van der Waals surface area (Å²) in [5, 5.41) is 0. The van der Waals surface area contributed by atoms with Gasteiger partial charge in [-0.05, 0) is 30.9 Å². The van der Waals surface area contributed by atoms with Crippen LogP contribution in [0.15, 0.2) is 18.2 Å². The normalized spacial score (nSPS) is 17.3. The number of hydrogen-bond acceptors (Lipinski definition) is 4. The fourth-order valence-electron chi connectivity index (χ4n) is 3.03. The Morgan fingerprint density at radius 1 is 1.29 bits per heavy atom. The second kappa shape index (κ2) is 8.04. The predicted molar refractivity (Wildman–Crippen MR) is 92.6 cm³/mol. The molecule has 0 radical (unpaired) electrons. The van der Waals surface area contributed by atoms with Crippen LogP contribution in [0.4, 0.5) is 5.69 Å². The summed E-state index contributed by atoms with van der Waals surface area (Å²) in [6, 6.07) is 5.21. The summed E-state index contributed by atoms with van der Waals surface area (Å²) in [4.78, 5) is 28.1. The molecule has 1 saturated heterocycles. The van der Waals surface area contributed by atoms with Crippen molar-refractivity contribution in [3.63, 3.8) is 0 Å². The fourth-order valence-corrected chi connectivity index (χ4v) is 3.03. The van der Waals surface area contributed by atoms with E-state index in [1.165, 1.54) is 18.9 Å². The van der Waals surface area contributed by atoms with Gasteiger partial charge in [-0.2, -0.15) is 0 Å². The highest BCUT2D eigenvalue weighted by atomic mass is 16.5. The lowest BCUT2D eigenvalue weighted by Crippen LogP contribution is -2.46. The van der Waals surface area contributed by atoms with Crippen molar-refractivity contribution in [2.45, 2.75) is 26.7 Å². The van der Waals surface area contributed by atoms with E-state index in [1.807, 2.05) is 4.90 Å². The van der Waals surface area contributed by atoms with Crippen LogP contribution in [-0.4, -0.2) is 50.6 Å². The maximum absolute atomic E-state index is 12.6. The smallest absolute Gasteiger partial charge is 0.242 e.